The van der Waals surface area contributed by atoms with Gasteiger partial charge in [-0.25, -0.2) is 0 Å². The van der Waals surface area contributed by atoms with E-state index in [4.69, 9.17) is 4.74 Å². The molecule has 108 valence electrons. The summed E-state index contributed by atoms with van der Waals surface area (Å²) in [6.07, 6.45) is 7.91. The second kappa shape index (κ2) is 5.41. The molecule has 3 aliphatic rings. The molecule has 2 atom stereocenters. The Labute approximate surface area is 115 Å². The van der Waals surface area contributed by atoms with E-state index in [9.17, 15) is 4.79 Å². The molecule has 1 N–H and O–H groups in total. The van der Waals surface area contributed by atoms with Crippen LogP contribution in [0.2, 0.25) is 0 Å². The van der Waals surface area contributed by atoms with E-state index < -0.39 is 0 Å². The molecule has 2 aliphatic carbocycles. The lowest BCUT2D eigenvalue weighted by atomic mass is 9.86. The zero-order chi connectivity index (χ0) is 13.4. The molecular formula is C15H26N2O2. The Bertz CT molecular complexity index is 335. The first-order valence-electron chi connectivity index (χ1n) is 7.90. The van der Waals surface area contributed by atoms with Crippen LogP contribution in [-0.2, 0) is 9.53 Å². The van der Waals surface area contributed by atoms with Crippen LogP contribution in [-0.4, -0.2) is 41.8 Å². The number of carbonyl (C=O) groups is 1. The number of rotatable bonds is 4. The van der Waals surface area contributed by atoms with Gasteiger partial charge < -0.3 is 9.64 Å². The van der Waals surface area contributed by atoms with Crippen molar-refractivity contribution < 1.29 is 9.53 Å². The van der Waals surface area contributed by atoms with Crippen molar-refractivity contribution in [1.29, 1.82) is 0 Å². The molecule has 0 aromatic carbocycles. The maximum atomic E-state index is 12.4. The predicted molar refractivity (Wildman–Crippen MR) is 73.6 cm³/mol. The normalized spacial score (nSPS) is 39.9. The number of hydrogen-bond acceptors (Lipinski definition) is 3. The van der Waals surface area contributed by atoms with E-state index in [-0.39, 0.29) is 12.2 Å². The Morgan fingerprint density at radius 2 is 2.00 bits per heavy atom. The number of carbonyl (C=O) groups excluding carboxylic acids is 1. The van der Waals surface area contributed by atoms with Crippen LogP contribution in [0.1, 0.15) is 52.4 Å². The maximum Gasteiger partial charge on any atom is 0.240 e. The Balaban J connectivity index is 1.65. The summed E-state index contributed by atoms with van der Waals surface area (Å²) in [6.45, 7) is 4.83. The monoisotopic (exact) mass is 266 g/mol. The van der Waals surface area contributed by atoms with Crippen LogP contribution in [0.15, 0.2) is 0 Å². The first kappa shape index (κ1) is 13.4. The summed E-state index contributed by atoms with van der Waals surface area (Å²) < 4.78 is 5.63. The minimum absolute atomic E-state index is 0.00302. The maximum absolute atomic E-state index is 12.4. The smallest absolute Gasteiger partial charge is 0.240 e. The Morgan fingerprint density at radius 3 is 2.63 bits per heavy atom. The quantitative estimate of drug-likeness (QED) is 0.845. The molecule has 3 rings (SSSR count). The number of hydrogen-bond donors (Lipinski definition) is 1. The van der Waals surface area contributed by atoms with E-state index in [2.05, 4.69) is 10.2 Å². The molecule has 0 spiro atoms. The van der Waals surface area contributed by atoms with Gasteiger partial charge in [0, 0.05) is 12.6 Å². The molecule has 0 aromatic heterocycles. The molecular weight excluding hydrogens is 240 g/mol. The van der Waals surface area contributed by atoms with Crippen molar-refractivity contribution in [2.45, 2.75) is 76.7 Å². The molecule has 0 bridgehead atoms. The largest absolute Gasteiger partial charge is 0.378 e. The molecule has 2 unspecified atom stereocenters. The van der Waals surface area contributed by atoms with Gasteiger partial charge in [0.15, 0.2) is 0 Å². The van der Waals surface area contributed by atoms with Crippen LogP contribution >= 0.6 is 0 Å². The van der Waals surface area contributed by atoms with Crippen LogP contribution in [0.3, 0.4) is 0 Å². The van der Waals surface area contributed by atoms with Crippen LogP contribution < -0.4 is 5.32 Å². The predicted octanol–water partition coefficient (Wildman–Crippen LogP) is 1.89. The third kappa shape index (κ3) is 2.40. The molecule has 4 nitrogen and oxygen atoms in total. The molecule has 3 fully saturated rings. The minimum Gasteiger partial charge on any atom is -0.378 e. The summed E-state index contributed by atoms with van der Waals surface area (Å²) in [4.78, 5) is 14.6. The van der Waals surface area contributed by atoms with E-state index in [1.165, 1.54) is 25.7 Å². The topological polar surface area (TPSA) is 41.6 Å². The van der Waals surface area contributed by atoms with Crippen LogP contribution in [0.4, 0.5) is 0 Å². The lowest BCUT2D eigenvalue weighted by Crippen LogP contribution is -2.54. The highest BCUT2D eigenvalue weighted by Crippen LogP contribution is 2.37. The molecule has 0 aromatic rings. The summed E-state index contributed by atoms with van der Waals surface area (Å²) >= 11 is 0. The molecule has 19 heavy (non-hydrogen) atoms. The number of ether oxygens (including phenoxy) is 1. The fourth-order valence-corrected chi connectivity index (χ4v) is 3.95. The zero-order valence-corrected chi connectivity index (χ0v) is 12.1. The lowest BCUT2D eigenvalue weighted by Gasteiger charge is -2.44. The number of amides is 1. The van der Waals surface area contributed by atoms with Crippen molar-refractivity contribution in [2.75, 3.05) is 6.61 Å². The Kier molecular flexibility index (Phi) is 3.81. The van der Waals surface area contributed by atoms with Gasteiger partial charge in [-0.3, -0.25) is 10.1 Å². The van der Waals surface area contributed by atoms with Crippen LogP contribution in [0.25, 0.3) is 0 Å². The van der Waals surface area contributed by atoms with Crippen LogP contribution in [0, 0.1) is 5.92 Å². The highest BCUT2D eigenvalue weighted by Gasteiger charge is 2.48. The van der Waals surface area contributed by atoms with Crippen LogP contribution in [0.5, 0.6) is 0 Å². The van der Waals surface area contributed by atoms with Crippen molar-refractivity contribution in [2.24, 2.45) is 5.92 Å². The minimum atomic E-state index is -0.00302. The van der Waals surface area contributed by atoms with Gasteiger partial charge in [0.25, 0.3) is 0 Å². The third-order valence-corrected chi connectivity index (χ3v) is 5.06. The van der Waals surface area contributed by atoms with Crippen molar-refractivity contribution >= 4 is 5.91 Å². The molecule has 1 aliphatic heterocycles. The standard InChI is InChI=1S/C15H26N2O2/c1-3-19-13-8-12(9-13)17-14(11-6-4-5-7-11)16-10(2)15(17)18/h10-14,16H,3-9H2,1-2H3. The molecule has 2 saturated carbocycles. The lowest BCUT2D eigenvalue weighted by molar-refractivity contribution is -0.139. The van der Waals surface area contributed by atoms with Gasteiger partial charge in [-0.2, -0.15) is 0 Å². The summed E-state index contributed by atoms with van der Waals surface area (Å²) in [7, 11) is 0. The highest BCUT2D eigenvalue weighted by atomic mass is 16.5. The summed E-state index contributed by atoms with van der Waals surface area (Å²) in [5.41, 5.74) is 0. The van der Waals surface area contributed by atoms with Crippen molar-refractivity contribution in [3.05, 3.63) is 0 Å². The average molecular weight is 266 g/mol. The molecule has 0 radical (unpaired) electrons. The van der Waals surface area contributed by atoms with Gasteiger partial charge >= 0.3 is 0 Å². The van der Waals surface area contributed by atoms with Gasteiger partial charge in [-0.15, -0.1) is 0 Å². The summed E-state index contributed by atoms with van der Waals surface area (Å²) in [5, 5.41) is 3.53. The molecule has 4 heteroatoms. The fourth-order valence-electron chi connectivity index (χ4n) is 3.95. The number of nitrogens with zero attached hydrogens (tertiary/aromatic N) is 1. The summed E-state index contributed by atoms with van der Waals surface area (Å²) in [6, 6.07) is 0.406. The van der Waals surface area contributed by atoms with Gasteiger partial charge in [0.05, 0.1) is 18.3 Å². The van der Waals surface area contributed by atoms with E-state index in [0.29, 0.717) is 24.0 Å². The van der Waals surface area contributed by atoms with Crippen molar-refractivity contribution in [3.8, 4) is 0 Å². The van der Waals surface area contributed by atoms with E-state index in [1.807, 2.05) is 13.8 Å². The van der Waals surface area contributed by atoms with Gasteiger partial charge in [-0.05, 0) is 45.4 Å². The van der Waals surface area contributed by atoms with Gasteiger partial charge in [0.1, 0.15) is 0 Å². The van der Waals surface area contributed by atoms with E-state index in [1.54, 1.807) is 0 Å². The molecule has 1 saturated heterocycles. The Hall–Kier alpha value is -0.610. The molecule has 1 amide bonds. The second-order valence-corrected chi connectivity index (χ2v) is 6.33. The van der Waals surface area contributed by atoms with E-state index in [0.717, 1.165) is 19.4 Å². The first-order valence-corrected chi connectivity index (χ1v) is 7.90. The third-order valence-electron chi connectivity index (χ3n) is 5.06. The highest BCUT2D eigenvalue weighted by molar-refractivity contribution is 5.84. The van der Waals surface area contributed by atoms with Gasteiger partial charge in [-0.1, -0.05) is 12.8 Å². The fraction of sp³-hybridized carbons (Fsp3) is 0.933. The summed E-state index contributed by atoms with van der Waals surface area (Å²) in [5.74, 6) is 0.969. The number of nitrogens with one attached hydrogen (secondary N) is 1. The second-order valence-electron chi connectivity index (χ2n) is 6.33. The first-order chi connectivity index (χ1) is 9.20. The molecule has 1 heterocycles. The average Bonchev–Trinajstić information content (AvgIpc) is 2.95. The van der Waals surface area contributed by atoms with Crippen molar-refractivity contribution in [1.82, 2.24) is 10.2 Å². The Morgan fingerprint density at radius 1 is 1.32 bits per heavy atom. The SMILES string of the molecule is CCOC1CC(N2C(=O)C(C)NC2C2CCCC2)C1. The van der Waals surface area contributed by atoms with Gasteiger partial charge in [0.2, 0.25) is 5.91 Å². The van der Waals surface area contributed by atoms with E-state index >= 15 is 0 Å². The zero-order valence-electron chi connectivity index (χ0n) is 12.1. The van der Waals surface area contributed by atoms with Crippen molar-refractivity contribution in [3.63, 3.8) is 0 Å².